The first-order valence-corrected chi connectivity index (χ1v) is 5.81. The number of rotatable bonds is 3. The minimum atomic E-state index is -0.385. The van der Waals surface area contributed by atoms with E-state index < -0.39 is 0 Å². The highest BCUT2D eigenvalue weighted by Crippen LogP contribution is 2.31. The molecule has 94 valence electrons. The molecule has 0 spiro atoms. The molecule has 0 radical (unpaired) electrons. The van der Waals surface area contributed by atoms with E-state index in [1.807, 2.05) is 18.2 Å². The molecule has 0 aliphatic rings. The van der Waals surface area contributed by atoms with E-state index in [4.69, 9.17) is 9.47 Å². The van der Waals surface area contributed by atoms with Crippen LogP contribution in [0.3, 0.4) is 0 Å². The maximum absolute atomic E-state index is 13.6. The lowest BCUT2D eigenvalue weighted by Gasteiger charge is -2.08. The minimum Gasteiger partial charge on any atom is -0.496 e. The number of methoxy groups -OCH3 is 2. The lowest BCUT2D eigenvalue weighted by molar-refractivity contribution is 0.386. The molecule has 0 saturated carbocycles. The summed E-state index contributed by atoms with van der Waals surface area (Å²) in [5.41, 5.74) is 1.63. The highest BCUT2D eigenvalue weighted by Gasteiger charge is 2.07. The Morgan fingerprint density at radius 1 is 0.889 bits per heavy atom. The predicted molar refractivity (Wildman–Crippen MR) is 72.2 cm³/mol. The van der Waals surface area contributed by atoms with E-state index in [0.717, 1.165) is 16.0 Å². The van der Waals surface area contributed by atoms with E-state index in [2.05, 4.69) is 12.6 Å². The van der Waals surface area contributed by atoms with Crippen LogP contribution in [0.4, 0.5) is 4.39 Å². The van der Waals surface area contributed by atoms with Crippen molar-refractivity contribution in [2.75, 3.05) is 14.2 Å². The van der Waals surface area contributed by atoms with Gasteiger partial charge in [-0.05, 0) is 35.4 Å². The Hall–Kier alpha value is -1.68. The molecule has 2 rings (SSSR count). The van der Waals surface area contributed by atoms with Gasteiger partial charge in [0.2, 0.25) is 0 Å². The zero-order valence-corrected chi connectivity index (χ0v) is 11.0. The van der Waals surface area contributed by atoms with Crippen LogP contribution < -0.4 is 9.47 Å². The highest BCUT2D eigenvalue weighted by atomic mass is 32.1. The third kappa shape index (κ3) is 2.43. The third-order valence-electron chi connectivity index (χ3n) is 2.66. The predicted octanol–water partition coefficient (Wildman–Crippen LogP) is 3.80. The molecule has 2 nitrogen and oxygen atoms in total. The second kappa shape index (κ2) is 5.31. The summed E-state index contributed by atoms with van der Waals surface area (Å²) in [5, 5.41) is 0. The number of halogens is 1. The SMILES string of the molecule is COc1ccc(-c2ccc(S)c(OC)c2)cc1F. The Labute approximate surface area is 111 Å². The van der Waals surface area contributed by atoms with E-state index in [1.165, 1.54) is 13.2 Å². The van der Waals surface area contributed by atoms with Crippen molar-refractivity contribution in [3.05, 3.63) is 42.2 Å². The van der Waals surface area contributed by atoms with Gasteiger partial charge in [0.15, 0.2) is 11.6 Å². The molecular formula is C14H13FO2S. The maximum Gasteiger partial charge on any atom is 0.165 e. The van der Waals surface area contributed by atoms with Gasteiger partial charge in [-0.15, -0.1) is 12.6 Å². The van der Waals surface area contributed by atoms with Gasteiger partial charge in [-0.1, -0.05) is 12.1 Å². The fourth-order valence-corrected chi connectivity index (χ4v) is 1.93. The quantitative estimate of drug-likeness (QED) is 0.850. The summed E-state index contributed by atoms with van der Waals surface area (Å²) < 4.78 is 23.7. The highest BCUT2D eigenvalue weighted by molar-refractivity contribution is 7.80. The summed E-state index contributed by atoms with van der Waals surface area (Å²) in [7, 11) is 3.02. The Kier molecular flexibility index (Phi) is 3.77. The maximum atomic E-state index is 13.6. The van der Waals surface area contributed by atoms with Gasteiger partial charge >= 0.3 is 0 Å². The van der Waals surface area contributed by atoms with Gasteiger partial charge in [-0.2, -0.15) is 0 Å². The summed E-state index contributed by atoms with van der Waals surface area (Å²) in [4.78, 5) is 0.746. The fraction of sp³-hybridized carbons (Fsp3) is 0.143. The second-order valence-corrected chi connectivity index (χ2v) is 4.22. The van der Waals surface area contributed by atoms with Gasteiger partial charge < -0.3 is 9.47 Å². The lowest BCUT2D eigenvalue weighted by atomic mass is 10.1. The number of benzene rings is 2. The van der Waals surface area contributed by atoms with Crippen molar-refractivity contribution in [1.29, 1.82) is 0 Å². The zero-order chi connectivity index (χ0) is 13.1. The number of hydrogen-bond acceptors (Lipinski definition) is 3. The van der Waals surface area contributed by atoms with Crippen molar-refractivity contribution >= 4 is 12.6 Å². The molecule has 0 atom stereocenters. The van der Waals surface area contributed by atoms with Crippen molar-refractivity contribution in [3.8, 4) is 22.6 Å². The van der Waals surface area contributed by atoms with Crippen LogP contribution in [-0.4, -0.2) is 14.2 Å². The Balaban J connectivity index is 2.45. The van der Waals surface area contributed by atoms with Crippen LogP contribution in [0, 0.1) is 5.82 Å². The number of hydrogen-bond donors (Lipinski definition) is 1. The first kappa shape index (κ1) is 12.8. The summed E-state index contributed by atoms with van der Waals surface area (Å²) in [6.07, 6.45) is 0. The Morgan fingerprint density at radius 2 is 1.50 bits per heavy atom. The first-order chi connectivity index (χ1) is 8.65. The fourth-order valence-electron chi connectivity index (χ4n) is 1.70. The molecule has 4 heteroatoms. The molecule has 0 fully saturated rings. The van der Waals surface area contributed by atoms with Crippen LogP contribution in [0.5, 0.6) is 11.5 Å². The van der Waals surface area contributed by atoms with Crippen molar-refractivity contribution in [1.82, 2.24) is 0 Å². The van der Waals surface area contributed by atoms with E-state index >= 15 is 0 Å². The second-order valence-electron chi connectivity index (χ2n) is 3.74. The van der Waals surface area contributed by atoms with Gasteiger partial charge in [0.25, 0.3) is 0 Å². The molecule has 0 aromatic heterocycles. The van der Waals surface area contributed by atoms with Crippen LogP contribution in [0.15, 0.2) is 41.3 Å². The van der Waals surface area contributed by atoms with Gasteiger partial charge in [-0.25, -0.2) is 4.39 Å². The molecule has 18 heavy (non-hydrogen) atoms. The molecule has 0 bridgehead atoms. The lowest BCUT2D eigenvalue weighted by Crippen LogP contribution is -1.90. The Morgan fingerprint density at radius 3 is 2.11 bits per heavy atom. The van der Waals surface area contributed by atoms with Crippen molar-refractivity contribution in [2.45, 2.75) is 4.90 Å². The smallest absolute Gasteiger partial charge is 0.165 e. The molecule has 0 heterocycles. The van der Waals surface area contributed by atoms with E-state index in [-0.39, 0.29) is 11.6 Å². The standard InChI is InChI=1S/C14H13FO2S/c1-16-12-5-3-9(7-11(12)15)10-4-6-14(18)13(8-10)17-2/h3-8,18H,1-2H3. The normalized spacial score (nSPS) is 10.2. The van der Waals surface area contributed by atoms with Crippen LogP contribution in [0.1, 0.15) is 0 Å². The summed E-state index contributed by atoms with van der Waals surface area (Å²) in [6, 6.07) is 10.3. The van der Waals surface area contributed by atoms with Gasteiger partial charge in [-0.3, -0.25) is 0 Å². The van der Waals surface area contributed by atoms with Gasteiger partial charge in [0.1, 0.15) is 5.75 Å². The zero-order valence-electron chi connectivity index (χ0n) is 10.1. The van der Waals surface area contributed by atoms with Crippen LogP contribution >= 0.6 is 12.6 Å². The monoisotopic (exact) mass is 264 g/mol. The van der Waals surface area contributed by atoms with Crippen molar-refractivity contribution in [3.63, 3.8) is 0 Å². The number of thiol groups is 1. The summed E-state index contributed by atoms with van der Waals surface area (Å²) >= 11 is 4.27. The van der Waals surface area contributed by atoms with Crippen LogP contribution in [0.2, 0.25) is 0 Å². The van der Waals surface area contributed by atoms with Crippen molar-refractivity contribution < 1.29 is 13.9 Å². The van der Waals surface area contributed by atoms with E-state index in [1.54, 1.807) is 19.2 Å². The molecule has 0 unspecified atom stereocenters. The largest absolute Gasteiger partial charge is 0.496 e. The molecular weight excluding hydrogens is 251 g/mol. The Bertz CT molecular complexity index is 570. The summed E-state index contributed by atoms with van der Waals surface area (Å²) in [6.45, 7) is 0. The van der Waals surface area contributed by atoms with Gasteiger partial charge in [0, 0.05) is 4.90 Å². The van der Waals surface area contributed by atoms with Crippen LogP contribution in [0.25, 0.3) is 11.1 Å². The molecule has 0 aliphatic heterocycles. The molecule has 0 aliphatic carbocycles. The number of ether oxygens (including phenoxy) is 2. The molecule has 0 amide bonds. The van der Waals surface area contributed by atoms with Gasteiger partial charge in [0.05, 0.1) is 14.2 Å². The van der Waals surface area contributed by atoms with Crippen molar-refractivity contribution in [2.24, 2.45) is 0 Å². The topological polar surface area (TPSA) is 18.5 Å². The average Bonchev–Trinajstić information content (AvgIpc) is 2.39. The van der Waals surface area contributed by atoms with E-state index in [9.17, 15) is 4.39 Å². The molecule has 0 N–H and O–H groups in total. The molecule has 2 aromatic carbocycles. The molecule has 2 aromatic rings. The van der Waals surface area contributed by atoms with E-state index in [0.29, 0.717) is 5.75 Å². The first-order valence-electron chi connectivity index (χ1n) is 5.36. The van der Waals surface area contributed by atoms with Crippen LogP contribution in [-0.2, 0) is 0 Å². The third-order valence-corrected chi connectivity index (χ3v) is 3.03. The minimum absolute atomic E-state index is 0.233. The summed E-state index contributed by atoms with van der Waals surface area (Å²) in [5.74, 6) is 0.507. The average molecular weight is 264 g/mol. The molecule has 0 saturated heterocycles.